The number of hydrogen-bond acceptors (Lipinski definition) is 5. The van der Waals surface area contributed by atoms with Crippen molar-refractivity contribution in [1.29, 1.82) is 0 Å². The molecular formula is C27H42Cl2N4O2. The van der Waals surface area contributed by atoms with E-state index < -0.39 is 11.5 Å². The van der Waals surface area contributed by atoms with Crippen LogP contribution in [0.1, 0.15) is 113 Å². The highest BCUT2D eigenvalue weighted by Gasteiger charge is 2.45. The van der Waals surface area contributed by atoms with Crippen LogP contribution in [-0.4, -0.2) is 57.8 Å². The number of allylic oxidation sites excluding steroid dienone is 1. The number of nitrogens with zero attached hydrogens (tertiary/aromatic N) is 3. The van der Waals surface area contributed by atoms with Gasteiger partial charge in [-0.3, -0.25) is 14.6 Å². The van der Waals surface area contributed by atoms with Crippen molar-refractivity contribution < 1.29 is 9.59 Å². The van der Waals surface area contributed by atoms with E-state index in [-0.39, 0.29) is 36.4 Å². The number of fused-ring (bicyclic) bond motifs is 2. The van der Waals surface area contributed by atoms with Crippen molar-refractivity contribution in [3.05, 3.63) is 22.8 Å². The van der Waals surface area contributed by atoms with E-state index in [0.29, 0.717) is 23.6 Å². The Morgan fingerprint density at radius 3 is 2.31 bits per heavy atom. The van der Waals surface area contributed by atoms with Crippen LogP contribution in [0.5, 0.6) is 0 Å². The average Bonchev–Trinajstić information content (AvgIpc) is 3.25. The van der Waals surface area contributed by atoms with Gasteiger partial charge in [0.1, 0.15) is 17.1 Å². The molecule has 0 spiro atoms. The van der Waals surface area contributed by atoms with E-state index >= 15 is 0 Å². The van der Waals surface area contributed by atoms with Crippen molar-refractivity contribution in [3.8, 4) is 0 Å². The molecule has 0 aromatic carbocycles. The second-order valence-electron chi connectivity index (χ2n) is 10.6. The lowest BCUT2D eigenvalue weighted by Gasteiger charge is -2.32. The second-order valence-corrected chi connectivity index (χ2v) is 10.6. The summed E-state index contributed by atoms with van der Waals surface area (Å²) in [5, 5.41) is 0. The molecule has 1 aromatic rings. The maximum absolute atomic E-state index is 13.7. The van der Waals surface area contributed by atoms with Gasteiger partial charge in [0.2, 0.25) is 0 Å². The van der Waals surface area contributed by atoms with Crippen LogP contribution >= 0.6 is 24.8 Å². The number of Topliss-reactive ketones (excluding diaryl/α,β-unsaturated/α-hetero) is 2. The molecule has 1 fully saturated rings. The van der Waals surface area contributed by atoms with Crippen LogP contribution in [-0.2, 0) is 4.79 Å². The summed E-state index contributed by atoms with van der Waals surface area (Å²) in [6.07, 6.45) is 11.6. The molecule has 2 heterocycles. The maximum atomic E-state index is 13.7. The van der Waals surface area contributed by atoms with Gasteiger partial charge < -0.3 is 9.88 Å². The molecule has 6 nitrogen and oxygen atoms in total. The first-order chi connectivity index (χ1) is 15.9. The van der Waals surface area contributed by atoms with E-state index in [2.05, 4.69) is 28.7 Å². The molecule has 0 amide bonds. The minimum Gasteiger partial charge on any atom is -0.341 e. The lowest BCUT2D eigenvalue weighted by atomic mass is 9.73. The number of H-pyrrole nitrogens is 1. The van der Waals surface area contributed by atoms with E-state index in [4.69, 9.17) is 4.98 Å². The average molecular weight is 526 g/mol. The van der Waals surface area contributed by atoms with Crippen molar-refractivity contribution in [2.45, 2.75) is 96.9 Å². The number of dihydropyridines is 1. The van der Waals surface area contributed by atoms with Crippen LogP contribution in [0.25, 0.3) is 5.57 Å². The number of carbonyl (C=O) groups is 2. The third-order valence-corrected chi connectivity index (χ3v) is 7.54. The van der Waals surface area contributed by atoms with E-state index in [1.54, 1.807) is 0 Å². The highest BCUT2D eigenvalue weighted by molar-refractivity contribution is 6.30. The Morgan fingerprint density at radius 1 is 1.03 bits per heavy atom. The Bertz CT molecular complexity index is 954. The van der Waals surface area contributed by atoms with Crippen LogP contribution in [0.4, 0.5) is 0 Å². The number of nitrogens with one attached hydrogen (secondary N) is 1. The number of ketones is 2. The molecule has 0 saturated heterocycles. The largest absolute Gasteiger partial charge is 0.341 e. The summed E-state index contributed by atoms with van der Waals surface area (Å²) in [6, 6.07) is 0. The summed E-state index contributed by atoms with van der Waals surface area (Å²) < 4.78 is 0. The quantitative estimate of drug-likeness (QED) is 0.416. The van der Waals surface area contributed by atoms with Gasteiger partial charge in [0.15, 0.2) is 11.6 Å². The fraction of sp³-hybridized carbons (Fsp3) is 0.704. The molecule has 1 aromatic heterocycles. The zero-order valence-electron chi connectivity index (χ0n) is 21.7. The summed E-state index contributed by atoms with van der Waals surface area (Å²) in [5.41, 5.74) is 1.88. The standard InChI is InChI=1S/C27H40N4O2.2ClH/c1-5-14-31(15-6-2)16-10-13-19-21-20(17-28-27(3,4)25(21)33)22-23(24(19)32)30-26(29-22)18-11-8-7-9-12-18;;/h17-19H,5-16H2,1-4H3,(H,29,30);2*1H. The lowest BCUT2D eigenvalue weighted by Crippen LogP contribution is -2.41. The Hall–Kier alpha value is -1.50. The number of hydrogen-bond donors (Lipinski definition) is 1. The Morgan fingerprint density at radius 2 is 1.69 bits per heavy atom. The normalized spacial score (nSPS) is 21.5. The first-order valence-corrected chi connectivity index (χ1v) is 13.1. The van der Waals surface area contributed by atoms with Gasteiger partial charge >= 0.3 is 0 Å². The second kappa shape index (κ2) is 12.6. The first kappa shape index (κ1) is 29.7. The van der Waals surface area contributed by atoms with E-state index in [1.807, 2.05) is 20.1 Å². The fourth-order valence-electron chi connectivity index (χ4n) is 5.74. The number of aliphatic imine (C=N–C) groups is 1. The van der Waals surface area contributed by atoms with Crippen LogP contribution in [0, 0.1) is 5.92 Å². The summed E-state index contributed by atoms with van der Waals surface area (Å²) in [6.45, 7) is 11.2. The lowest BCUT2D eigenvalue weighted by molar-refractivity contribution is -0.119. The third kappa shape index (κ3) is 6.08. The van der Waals surface area contributed by atoms with Crippen molar-refractivity contribution in [2.75, 3.05) is 19.6 Å². The zero-order valence-corrected chi connectivity index (χ0v) is 23.3. The molecule has 1 aliphatic heterocycles. The van der Waals surface area contributed by atoms with Crippen LogP contribution in [0.3, 0.4) is 0 Å². The summed E-state index contributed by atoms with van der Waals surface area (Å²) in [5.74, 6) is 0.877. The van der Waals surface area contributed by atoms with E-state index in [1.165, 1.54) is 19.3 Å². The number of carbonyl (C=O) groups excluding carboxylic acids is 2. The molecule has 35 heavy (non-hydrogen) atoms. The molecular weight excluding hydrogens is 483 g/mol. The molecule has 8 heteroatoms. The van der Waals surface area contributed by atoms with Gasteiger partial charge in [-0.1, -0.05) is 33.1 Å². The summed E-state index contributed by atoms with van der Waals surface area (Å²) in [7, 11) is 0. The molecule has 2 aliphatic carbocycles. The summed E-state index contributed by atoms with van der Waals surface area (Å²) in [4.78, 5) is 42.6. The molecule has 196 valence electrons. The first-order valence-electron chi connectivity index (χ1n) is 13.1. The number of aromatic amines is 1. The smallest absolute Gasteiger partial charge is 0.191 e. The van der Waals surface area contributed by atoms with Gasteiger partial charge in [0.25, 0.3) is 0 Å². The van der Waals surface area contributed by atoms with Gasteiger partial charge in [-0.2, -0.15) is 0 Å². The van der Waals surface area contributed by atoms with Crippen LogP contribution in [0.2, 0.25) is 0 Å². The number of imidazole rings is 1. The number of halogens is 2. The molecule has 0 bridgehead atoms. The zero-order chi connectivity index (χ0) is 23.6. The Balaban J connectivity index is 0.00000216. The molecule has 1 atom stereocenters. The predicted molar refractivity (Wildman–Crippen MR) is 147 cm³/mol. The van der Waals surface area contributed by atoms with Gasteiger partial charge in [-0.25, -0.2) is 4.98 Å². The molecule has 0 radical (unpaired) electrons. The minimum atomic E-state index is -0.822. The molecule has 1 saturated carbocycles. The highest BCUT2D eigenvalue weighted by atomic mass is 35.5. The van der Waals surface area contributed by atoms with Gasteiger partial charge in [0, 0.05) is 23.3 Å². The van der Waals surface area contributed by atoms with E-state index in [9.17, 15) is 9.59 Å². The predicted octanol–water partition coefficient (Wildman–Crippen LogP) is 6.20. The van der Waals surface area contributed by atoms with Crippen molar-refractivity contribution in [1.82, 2.24) is 14.9 Å². The van der Waals surface area contributed by atoms with Gasteiger partial charge in [0.05, 0.1) is 11.6 Å². The third-order valence-electron chi connectivity index (χ3n) is 7.54. The van der Waals surface area contributed by atoms with Crippen LogP contribution in [0.15, 0.2) is 10.6 Å². The molecule has 4 rings (SSSR count). The SMILES string of the molecule is CCCN(CCC)CCCC1C(=O)c2nc(C3CCCCC3)[nH]c2C2=C1C(=O)C(C)(C)N=C2.Cl.Cl. The van der Waals surface area contributed by atoms with Crippen molar-refractivity contribution in [3.63, 3.8) is 0 Å². The fourth-order valence-corrected chi connectivity index (χ4v) is 5.74. The highest BCUT2D eigenvalue weighted by Crippen LogP contribution is 2.42. The van der Waals surface area contributed by atoms with Crippen molar-refractivity contribution in [2.24, 2.45) is 10.9 Å². The summed E-state index contributed by atoms with van der Waals surface area (Å²) >= 11 is 0. The van der Waals surface area contributed by atoms with Gasteiger partial charge in [-0.15, -0.1) is 24.8 Å². The minimum absolute atomic E-state index is 0. The Kier molecular flexibility index (Phi) is 10.7. The molecule has 3 aliphatic rings. The number of aromatic nitrogens is 2. The Labute approximate surface area is 222 Å². The number of rotatable bonds is 9. The van der Waals surface area contributed by atoms with Gasteiger partial charge in [-0.05, 0) is 72.0 Å². The van der Waals surface area contributed by atoms with Crippen molar-refractivity contribution >= 4 is 48.2 Å². The molecule has 1 unspecified atom stereocenters. The van der Waals surface area contributed by atoms with Crippen LogP contribution < -0.4 is 0 Å². The van der Waals surface area contributed by atoms with E-state index in [0.717, 1.165) is 68.8 Å². The monoisotopic (exact) mass is 524 g/mol. The maximum Gasteiger partial charge on any atom is 0.191 e. The topological polar surface area (TPSA) is 78.4 Å². The molecule has 1 N–H and O–H groups in total.